The molecule has 1 unspecified atom stereocenters. The molecule has 162 valence electrons. The summed E-state index contributed by atoms with van der Waals surface area (Å²) < 4.78 is 25.4. The van der Waals surface area contributed by atoms with Crippen molar-refractivity contribution >= 4 is 21.8 Å². The molecule has 0 aromatic heterocycles. The van der Waals surface area contributed by atoms with Gasteiger partial charge < -0.3 is 10.6 Å². The largest absolute Gasteiger partial charge is 0.350 e. The minimum atomic E-state index is -3.49. The van der Waals surface area contributed by atoms with Crippen LogP contribution < -0.4 is 10.6 Å². The molecule has 0 aliphatic carbocycles. The van der Waals surface area contributed by atoms with Gasteiger partial charge in [-0.05, 0) is 42.2 Å². The second-order valence-electron chi connectivity index (χ2n) is 7.66. The van der Waals surface area contributed by atoms with Gasteiger partial charge >= 0.3 is 0 Å². The SMILES string of the molecule is Cc1ccccc1C(=O)NC(C(=O)NCc1ccc(S(=O)(=O)N(C)C)cc1)C(C)C. The third-order valence-electron chi connectivity index (χ3n) is 4.79. The lowest BCUT2D eigenvalue weighted by atomic mass is 10.0. The van der Waals surface area contributed by atoms with Crippen LogP contribution in [0.25, 0.3) is 0 Å². The van der Waals surface area contributed by atoms with Gasteiger partial charge in [0.05, 0.1) is 4.90 Å². The highest BCUT2D eigenvalue weighted by Gasteiger charge is 2.25. The summed E-state index contributed by atoms with van der Waals surface area (Å²) in [6.45, 7) is 5.80. The van der Waals surface area contributed by atoms with Gasteiger partial charge in [-0.25, -0.2) is 12.7 Å². The molecule has 0 fully saturated rings. The van der Waals surface area contributed by atoms with Gasteiger partial charge in [0.1, 0.15) is 6.04 Å². The summed E-state index contributed by atoms with van der Waals surface area (Å²) in [6.07, 6.45) is 0. The highest BCUT2D eigenvalue weighted by molar-refractivity contribution is 7.89. The standard InChI is InChI=1S/C22H29N3O4S/c1-15(2)20(24-21(26)19-9-7-6-8-16(19)3)22(27)23-14-17-10-12-18(13-11-17)30(28,29)25(4)5/h6-13,15,20H,14H2,1-5H3,(H,23,27)(H,24,26). The van der Waals surface area contributed by atoms with E-state index in [1.165, 1.54) is 26.2 Å². The van der Waals surface area contributed by atoms with E-state index in [0.29, 0.717) is 5.56 Å². The summed E-state index contributed by atoms with van der Waals surface area (Å²) in [6, 6.07) is 12.9. The first kappa shape index (κ1) is 23.6. The molecule has 2 aromatic carbocycles. The zero-order valence-electron chi connectivity index (χ0n) is 18.0. The molecule has 2 rings (SSSR count). The number of nitrogens with zero attached hydrogens (tertiary/aromatic N) is 1. The van der Waals surface area contributed by atoms with Crippen LogP contribution in [0.15, 0.2) is 53.4 Å². The van der Waals surface area contributed by atoms with Gasteiger partial charge in [-0.3, -0.25) is 9.59 Å². The first-order chi connectivity index (χ1) is 14.0. The van der Waals surface area contributed by atoms with E-state index >= 15 is 0 Å². The topological polar surface area (TPSA) is 95.6 Å². The Morgan fingerprint density at radius 1 is 1.00 bits per heavy atom. The Bertz CT molecular complexity index is 999. The second kappa shape index (κ2) is 9.86. The van der Waals surface area contributed by atoms with Crippen molar-refractivity contribution in [1.29, 1.82) is 0 Å². The van der Waals surface area contributed by atoms with Crippen molar-refractivity contribution in [2.24, 2.45) is 5.92 Å². The molecule has 30 heavy (non-hydrogen) atoms. The Morgan fingerprint density at radius 3 is 2.13 bits per heavy atom. The van der Waals surface area contributed by atoms with Gasteiger partial charge in [-0.2, -0.15) is 0 Å². The summed E-state index contributed by atoms with van der Waals surface area (Å²) in [5.41, 5.74) is 2.13. The normalized spacial score (nSPS) is 12.6. The van der Waals surface area contributed by atoms with Crippen molar-refractivity contribution in [3.63, 3.8) is 0 Å². The van der Waals surface area contributed by atoms with Crippen molar-refractivity contribution in [3.05, 3.63) is 65.2 Å². The highest BCUT2D eigenvalue weighted by atomic mass is 32.2. The number of benzene rings is 2. The van der Waals surface area contributed by atoms with Crippen LogP contribution in [0.2, 0.25) is 0 Å². The maximum absolute atomic E-state index is 12.7. The van der Waals surface area contributed by atoms with Crippen molar-refractivity contribution in [2.45, 2.75) is 38.3 Å². The molecule has 0 spiro atoms. The van der Waals surface area contributed by atoms with Gasteiger partial charge in [0.15, 0.2) is 0 Å². The predicted octanol–water partition coefficient (Wildman–Crippen LogP) is 2.32. The van der Waals surface area contributed by atoms with Crippen LogP contribution in [-0.4, -0.2) is 44.7 Å². The predicted molar refractivity (Wildman–Crippen MR) is 116 cm³/mol. The van der Waals surface area contributed by atoms with E-state index < -0.39 is 16.1 Å². The van der Waals surface area contributed by atoms with Crippen molar-refractivity contribution in [2.75, 3.05) is 14.1 Å². The number of hydrogen-bond acceptors (Lipinski definition) is 4. The lowest BCUT2D eigenvalue weighted by molar-refractivity contribution is -0.124. The number of nitrogens with one attached hydrogen (secondary N) is 2. The van der Waals surface area contributed by atoms with Crippen LogP contribution in [0.1, 0.15) is 35.3 Å². The molecule has 0 aliphatic rings. The van der Waals surface area contributed by atoms with E-state index in [1.807, 2.05) is 32.9 Å². The van der Waals surface area contributed by atoms with Gasteiger partial charge in [0.25, 0.3) is 5.91 Å². The summed E-state index contributed by atoms with van der Waals surface area (Å²) in [7, 11) is -0.549. The van der Waals surface area contributed by atoms with Crippen LogP contribution in [0.3, 0.4) is 0 Å². The van der Waals surface area contributed by atoms with Crippen molar-refractivity contribution in [1.82, 2.24) is 14.9 Å². The summed E-state index contributed by atoms with van der Waals surface area (Å²) in [4.78, 5) is 25.5. The number of hydrogen-bond donors (Lipinski definition) is 2. The average Bonchev–Trinajstić information content (AvgIpc) is 2.70. The molecule has 2 amide bonds. The smallest absolute Gasteiger partial charge is 0.252 e. The molecule has 1 atom stereocenters. The van der Waals surface area contributed by atoms with Crippen LogP contribution in [-0.2, 0) is 21.4 Å². The van der Waals surface area contributed by atoms with E-state index in [0.717, 1.165) is 15.4 Å². The van der Waals surface area contributed by atoms with Gasteiger partial charge in [0, 0.05) is 26.2 Å². The Balaban J connectivity index is 2.04. The Morgan fingerprint density at radius 2 is 1.60 bits per heavy atom. The van der Waals surface area contributed by atoms with Gasteiger partial charge in [-0.15, -0.1) is 0 Å². The second-order valence-corrected chi connectivity index (χ2v) is 9.81. The molecule has 8 heteroatoms. The zero-order chi connectivity index (χ0) is 22.5. The molecular weight excluding hydrogens is 402 g/mol. The van der Waals surface area contributed by atoms with E-state index in [9.17, 15) is 18.0 Å². The van der Waals surface area contributed by atoms with Crippen molar-refractivity contribution < 1.29 is 18.0 Å². The van der Waals surface area contributed by atoms with Crippen molar-refractivity contribution in [3.8, 4) is 0 Å². The van der Waals surface area contributed by atoms with Crippen LogP contribution in [0.5, 0.6) is 0 Å². The fourth-order valence-corrected chi connectivity index (χ4v) is 3.77. The van der Waals surface area contributed by atoms with E-state index in [2.05, 4.69) is 10.6 Å². The Labute approximate surface area is 178 Å². The number of carbonyl (C=O) groups excluding carboxylic acids is 2. The third-order valence-corrected chi connectivity index (χ3v) is 6.62. The number of rotatable bonds is 8. The molecule has 0 heterocycles. The minimum absolute atomic E-state index is 0.106. The summed E-state index contributed by atoms with van der Waals surface area (Å²) in [5, 5.41) is 5.63. The van der Waals surface area contributed by atoms with Crippen LogP contribution >= 0.6 is 0 Å². The number of carbonyl (C=O) groups is 2. The van der Waals surface area contributed by atoms with Gasteiger partial charge in [0.2, 0.25) is 15.9 Å². The number of sulfonamides is 1. The van der Waals surface area contributed by atoms with Crippen LogP contribution in [0, 0.1) is 12.8 Å². The quantitative estimate of drug-likeness (QED) is 0.671. The first-order valence-corrected chi connectivity index (χ1v) is 11.1. The lowest BCUT2D eigenvalue weighted by Crippen LogP contribution is -2.49. The summed E-state index contributed by atoms with van der Waals surface area (Å²) >= 11 is 0. The van der Waals surface area contributed by atoms with Crippen LogP contribution in [0.4, 0.5) is 0 Å². The number of amides is 2. The fourth-order valence-electron chi connectivity index (χ4n) is 2.87. The molecule has 7 nitrogen and oxygen atoms in total. The third kappa shape index (κ3) is 5.67. The lowest BCUT2D eigenvalue weighted by Gasteiger charge is -2.22. The Kier molecular flexibility index (Phi) is 7.75. The molecular formula is C22H29N3O4S. The van der Waals surface area contributed by atoms with Gasteiger partial charge in [-0.1, -0.05) is 44.2 Å². The zero-order valence-corrected chi connectivity index (χ0v) is 18.8. The minimum Gasteiger partial charge on any atom is -0.350 e. The Hall–Kier alpha value is -2.71. The molecule has 0 radical (unpaired) electrons. The summed E-state index contributed by atoms with van der Waals surface area (Å²) in [5.74, 6) is -0.692. The average molecular weight is 432 g/mol. The highest BCUT2D eigenvalue weighted by Crippen LogP contribution is 2.14. The number of aryl methyl sites for hydroxylation is 1. The molecule has 0 aliphatic heterocycles. The fraction of sp³-hybridized carbons (Fsp3) is 0.364. The molecule has 2 N–H and O–H groups in total. The molecule has 2 aromatic rings. The maximum Gasteiger partial charge on any atom is 0.252 e. The van der Waals surface area contributed by atoms with E-state index in [-0.39, 0.29) is 29.2 Å². The maximum atomic E-state index is 12.7. The molecule has 0 bridgehead atoms. The monoisotopic (exact) mass is 431 g/mol. The molecule has 0 saturated heterocycles. The first-order valence-electron chi connectivity index (χ1n) is 9.69. The van der Waals surface area contributed by atoms with E-state index in [1.54, 1.807) is 24.3 Å². The molecule has 0 saturated carbocycles. The van der Waals surface area contributed by atoms with E-state index in [4.69, 9.17) is 0 Å².